The van der Waals surface area contributed by atoms with E-state index in [4.69, 9.17) is 0 Å². The predicted molar refractivity (Wildman–Crippen MR) is 75.4 cm³/mol. The number of carboxylic acid groups (broad SMARTS) is 1. The summed E-state index contributed by atoms with van der Waals surface area (Å²) in [7, 11) is 1.65. The highest BCUT2D eigenvalue weighted by molar-refractivity contribution is 5.76. The van der Waals surface area contributed by atoms with Gasteiger partial charge in [-0.25, -0.2) is 4.79 Å². The van der Waals surface area contributed by atoms with Crippen molar-refractivity contribution in [1.29, 1.82) is 0 Å². The number of hydrogen-bond acceptors (Lipinski definition) is 3. The molecule has 1 aliphatic heterocycles. The molecule has 0 saturated carbocycles. The Morgan fingerprint density at radius 2 is 2.05 bits per heavy atom. The van der Waals surface area contributed by atoms with Crippen molar-refractivity contribution < 1.29 is 19.8 Å². The first-order valence-corrected chi connectivity index (χ1v) is 7.07. The number of hydrogen-bond donors (Lipinski definition) is 2. The number of urea groups is 1. The number of piperidine rings is 1. The number of aliphatic hydroxyl groups is 1. The van der Waals surface area contributed by atoms with Crippen molar-refractivity contribution in [1.82, 2.24) is 9.80 Å². The van der Waals surface area contributed by atoms with Crippen LogP contribution in [0.2, 0.25) is 0 Å². The molecule has 0 aliphatic carbocycles. The summed E-state index contributed by atoms with van der Waals surface area (Å²) >= 11 is 0. The van der Waals surface area contributed by atoms with Crippen molar-refractivity contribution in [3.05, 3.63) is 0 Å². The summed E-state index contributed by atoms with van der Waals surface area (Å²) in [4.78, 5) is 26.8. The standard InChI is InChI=1S/C14H26N2O4/c1-10(17)8-15(4)13(20)16-7-5-6-11(9-16)14(2,3)12(18)19/h10-11,17H,5-9H2,1-4H3,(H,18,19). The summed E-state index contributed by atoms with van der Waals surface area (Å²) in [5.74, 6) is -0.869. The summed E-state index contributed by atoms with van der Waals surface area (Å²) in [6.07, 6.45) is 1.07. The Balaban J connectivity index is 2.70. The van der Waals surface area contributed by atoms with Gasteiger partial charge in [0.25, 0.3) is 0 Å². The van der Waals surface area contributed by atoms with E-state index in [-0.39, 0.29) is 18.5 Å². The van der Waals surface area contributed by atoms with Gasteiger partial charge in [0, 0.05) is 26.7 Å². The lowest BCUT2D eigenvalue weighted by molar-refractivity contribution is -0.151. The zero-order chi connectivity index (χ0) is 15.5. The van der Waals surface area contributed by atoms with Crippen molar-refractivity contribution >= 4 is 12.0 Å². The zero-order valence-electron chi connectivity index (χ0n) is 12.8. The van der Waals surface area contributed by atoms with Gasteiger partial charge in [-0.3, -0.25) is 4.79 Å². The maximum absolute atomic E-state index is 12.3. The van der Waals surface area contributed by atoms with Crippen molar-refractivity contribution in [3.8, 4) is 0 Å². The molecular weight excluding hydrogens is 260 g/mol. The number of aliphatic carboxylic acids is 1. The van der Waals surface area contributed by atoms with Gasteiger partial charge in [0.1, 0.15) is 0 Å². The van der Waals surface area contributed by atoms with Gasteiger partial charge in [0.2, 0.25) is 0 Å². The Labute approximate surface area is 120 Å². The maximum Gasteiger partial charge on any atom is 0.319 e. The summed E-state index contributed by atoms with van der Waals surface area (Å²) in [5, 5.41) is 18.6. The molecule has 0 aromatic heterocycles. The molecule has 6 nitrogen and oxygen atoms in total. The lowest BCUT2D eigenvalue weighted by Crippen LogP contribution is -2.51. The second kappa shape index (κ2) is 6.43. The quantitative estimate of drug-likeness (QED) is 0.815. The molecule has 1 heterocycles. The fourth-order valence-electron chi connectivity index (χ4n) is 2.63. The number of aliphatic hydroxyl groups excluding tert-OH is 1. The topological polar surface area (TPSA) is 81.1 Å². The number of rotatable bonds is 4. The van der Waals surface area contributed by atoms with Gasteiger partial charge in [-0.05, 0) is 39.5 Å². The first-order chi connectivity index (χ1) is 9.16. The molecule has 2 unspecified atom stereocenters. The Hall–Kier alpha value is -1.30. The second-order valence-electron chi connectivity index (χ2n) is 6.32. The fraction of sp³-hybridized carbons (Fsp3) is 0.857. The number of likely N-dealkylation sites (N-methyl/N-ethyl adjacent to an activating group) is 1. The normalized spacial score (nSPS) is 21.4. The molecule has 0 radical (unpaired) electrons. The molecule has 0 aromatic carbocycles. The van der Waals surface area contributed by atoms with Crippen LogP contribution in [0.4, 0.5) is 4.79 Å². The molecule has 2 N–H and O–H groups in total. The minimum Gasteiger partial charge on any atom is -0.481 e. The molecule has 1 fully saturated rings. The number of nitrogens with zero attached hydrogens (tertiary/aromatic N) is 2. The van der Waals surface area contributed by atoms with E-state index in [2.05, 4.69) is 0 Å². The van der Waals surface area contributed by atoms with Crippen LogP contribution in [0.3, 0.4) is 0 Å². The van der Waals surface area contributed by atoms with Crippen LogP contribution in [0.25, 0.3) is 0 Å². The molecule has 2 amide bonds. The van der Waals surface area contributed by atoms with Gasteiger partial charge in [0.15, 0.2) is 0 Å². The molecule has 1 rings (SSSR count). The number of likely N-dealkylation sites (tertiary alicyclic amines) is 1. The van der Waals surface area contributed by atoms with E-state index in [0.717, 1.165) is 12.8 Å². The lowest BCUT2D eigenvalue weighted by Gasteiger charge is -2.40. The van der Waals surface area contributed by atoms with Crippen LogP contribution in [0, 0.1) is 11.3 Å². The highest BCUT2D eigenvalue weighted by Crippen LogP contribution is 2.34. The summed E-state index contributed by atoms with van der Waals surface area (Å²) in [6.45, 7) is 6.46. The van der Waals surface area contributed by atoms with E-state index in [1.165, 1.54) is 4.90 Å². The highest BCUT2D eigenvalue weighted by atomic mass is 16.4. The van der Waals surface area contributed by atoms with Crippen molar-refractivity contribution in [3.63, 3.8) is 0 Å². The molecular formula is C14H26N2O4. The molecule has 0 spiro atoms. The van der Waals surface area contributed by atoms with Crippen LogP contribution in [-0.2, 0) is 4.79 Å². The Bertz CT molecular complexity index is 368. The van der Waals surface area contributed by atoms with Crippen LogP contribution >= 0.6 is 0 Å². The van der Waals surface area contributed by atoms with E-state index < -0.39 is 17.5 Å². The highest BCUT2D eigenvalue weighted by Gasteiger charge is 2.40. The zero-order valence-corrected chi connectivity index (χ0v) is 12.8. The van der Waals surface area contributed by atoms with Gasteiger partial charge in [-0.1, -0.05) is 0 Å². The lowest BCUT2D eigenvalue weighted by atomic mass is 9.74. The molecule has 0 aromatic rings. The average molecular weight is 286 g/mol. The molecule has 20 heavy (non-hydrogen) atoms. The Morgan fingerprint density at radius 1 is 1.45 bits per heavy atom. The summed E-state index contributed by atoms with van der Waals surface area (Å²) < 4.78 is 0. The van der Waals surface area contributed by atoms with Crippen molar-refractivity contribution in [2.45, 2.75) is 39.7 Å². The van der Waals surface area contributed by atoms with Crippen LogP contribution in [0.15, 0.2) is 0 Å². The predicted octanol–water partition coefficient (Wildman–Crippen LogP) is 1.24. The van der Waals surface area contributed by atoms with E-state index >= 15 is 0 Å². The number of amides is 2. The fourth-order valence-corrected chi connectivity index (χ4v) is 2.63. The van der Waals surface area contributed by atoms with E-state index in [0.29, 0.717) is 13.1 Å². The third-order valence-corrected chi connectivity index (χ3v) is 4.13. The number of carbonyl (C=O) groups excluding carboxylic acids is 1. The van der Waals surface area contributed by atoms with Crippen LogP contribution in [-0.4, -0.2) is 64.8 Å². The summed E-state index contributed by atoms with van der Waals surface area (Å²) in [6, 6.07) is -0.142. The van der Waals surface area contributed by atoms with Gasteiger partial charge in [-0.2, -0.15) is 0 Å². The smallest absolute Gasteiger partial charge is 0.319 e. The monoisotopic (exact) mass is 286 g/mol. The van der Waals surface area contributed by atoms with Crippen LogP contribution in [0.1, 0.15) is 33.6 Å². The SMILES string of the molecule is CC(O)CN(C)C(=O)N1CCCC(C(C)(C)C(=O)O)C1. The maximum atomic E-state index is 12.3. The first kappa shape index (κ1) is 16.8. The number of carbonyl (C=O) groups is 2. The molecule has 116 valence electrons. The Morgan fingerprint density at radius 3 is 2.55 bits per heavy atom. The van der Waals surface area contributed by atoms with Gasteiger partial charge in [0.05, 0.1) is 11.5 Å². The molecule has 2 atom stereocenters. The van der Waals surface area contributed by atoms with Gasteiger partial charge in [-0.15, -0.1) is 0 Å². The second-order valence-corrected chi connectivity index (χ2v) is 6.32. The third kappa shape index (κ3) is 3.85. The third-order valence-electron chi connectivity index (χ3n) is 4.13. The first-order valence-electron chi connectivity index (χ1n) is 7.07. The van der Waals surface area contributed by atoms with E-state index in [1.807, 2.05) is 0 Å². The minimum absolute atomic E-state index is 0.0438. The molecule has 6 heteroatoms. The summed E-state index contributed by atoms with van der Waals surface area (Å²) in [5.41, 5.74) is -0.832. The molecule has 1 saturated heterocycles. The van der Waals surface area contributed by atoms with Crippen LogP contribution in [0.5, 0.6) is 0 Å². The van der Waals surface area contributed by atoms with E-state index in [9.17, 15) is 19.8 Å². The van der Waals surface area contributed by atoms with Crippen molar-refractivity contribution in [2.75, 3.05) is 26.7 Å². The van der Waals surface area contributed by atoms with Gasteiger partial charge >= 0.3 is 12.0 Å². The molecule has 1 aliphatic rings. The average Bonchev–Trinajstić information content (AvgIpc) is 2.37. The Kier molecular flexibility index (Phi) is 5.39. The minimum atomic E-state index is -0.832. The largest absolute Gasteiger partial charge is 0.481 e. The molecule has 0 bridgehead atoms. The van der Waals surface area contributed by atoms with Gasteiger partial charge < -0.3 is 20.0 Å². The van der Waals surface area contributed by atoms with Crippen LogP contribution < -0.4 is 0 Å². The van der Waals surface area contributed by atoms with Crippen molar-refractivity contribution in [2.24, 2.45) is 11.3 Å². The number of carboxylic acids is 1. The van der Waals surface area contributed by atoms with E-state index in [1.54, 1.807) is 32.7 Å².